The van der Waals surface area contributed by atoms with Gasteiger partial charge in [-0.05, 0) is 22.8 Å². The Bertz CT molecular complexity index is 2430. The summed E-state index contributed by atoms with van der Waals surface area (Å²) in [5.74, 6) is -1.83. The zero-order valence-electron chi connectivity index (χ0n) is 32.4. The highest BCUT2D eigenvalue weighted by atomic mass is 32.7. The number of aromatic nitrogens is 8. The minimum atomic E-state index is -4.66. The molecule has 0 radical (unpaired) electrons. The van der Waals surface area contributed by atoms with Crippen molar-refractivity contribution in [3.63, 3.8) is 0 Å². The molecule has 21 nitrogen and oxygen atoms in total. The number of hydrogen-bond acceptors (Lipinski definition) is 20. The van der Waals surface area contributed by atoms with Crippen LogP contribution in [0.5, 0.6) is 0 Å². The lowest BCUT2D eigenvalue weighted by Crippen LogP contribution is -2.37. The predicted octanol–water partition coefficient (Wildman–Crippen LogP) is 4.33. The number of ketones is 2. The highest BCUT2D eigenvalue weighted by molar-refractivity contribution is 8.55. The molecule has 3 aliphatic rings. The first-order valence-corrected chi connectivity index (χ1v) is 24.3. The van der Waals surface area contributed by atoms with E-state index < -0.39 is 104 Å². The number of anilines is 2. The van der Waals surface area contributed by atoms with E-state index in [1.54, 1.807) is 41.5 Å². The number of nitrogens with one attached hydrogen (secondary N) is 1. The molecule has 4 aromatic rings. The first-order chi connectivity index (χ1) is 27.6. The second-order valence-electron chi connectivity index (χ2n) is 15.9. The summed E-state index contributed by atoms with van der Waals surface area (Å²) >= 11 is 0.934. The third-order valence-electron chi connectivity index (χ3n) is 9.60. The number of ether oxygens (including phenoxy) is 2. The van der Waals surface area contributed by atoms with Crippen molar-refractivity contribution in [1.29, 1.82) is 0 Å². The standard InChI is InChI=1S/C32H42F2N10O11P2S2/c1-31(2,3)16(45)9-58-56(48)51-8-15-23(19(34)29(53-15)44-13-40-21-26(44)41-30(36)42-27(21)47)55-57(49,59-10-17(46)32(4,5)6)50-7-14-22(54-56)18(33)28(52-14)43-12-39-20-24(35)37-11-38-25(20)43/h11-15,18-19,22-23,28-29H,7-10H2,1-6H3,(H2,35,37,38)(H3,36,41,42,47)/t14-,15-,18-,19-,22-,23-,28-,29-,56?,57?/m1/s1. The molecular formula is C32H42F2N10O11P2S2. The number of nitrogens with two attached hydrogens (primary N) is 2. The molecule has 10 atom stereocenters. The molecule has 27 heteroatoms. The predicted molar refractivity (Wildman–Crippen MR) is 211 cm³/mol. The fourth-order valence-corrected chi connectivity index (χ4v) is 13.1. The van der Waals surface area contributed by atoms with Crippen LogP contribution in [0.1, 0.15) is 54.0 Å². The van der Waals surface area contributed by atoms with Gasteiger partial charge >= 0.3 is 13.6 Å². The summed E-state index contributed by atoms with van der Waals surface area (Å²) in [6.07, 6.45) is -10.9. The van der Waals surface area contributed by atoms with Crippen LogP contribution < -0.4 is 17.0 Å². The lowest BCUT2D eigenvalue weighted by molar-refractivity contribution is -0.124. The molecule has 0 bridgehead atoms. The monoisotopic (exact) mass is 906 g/mol. The van der Waals surface area contributed by atoms with Gasteiger partial charge in [0, 0.05) is 10.8 Å². The molecule has 7 heterocycles. The Morgan fingerprint density at radius 3 is 1.76 bits per heavy atom. The minimum absolute atomic E-state index is 0.00224. The average molecular weight is 907 g/mol. The lowest BCUT2D eigenvalue weighted by atomic mass is 9.92. The Labute approximate surface area is 342 Å². The van der Waals surface area contributed by atoms with Gasteiger partial charge in [0.2, 0.25) is 5.95 Å². The number of H-pyrrole nitrogens is 1. The van der Waals surface area contributed by atoms with Crippen molar-refractivity contribution in [3.8, 4) is 0 Å². The highest BCUT2D eigenvalue weighted by Crippen LogP contribution is 2.66. The number of carbonyl (C=O) groups is 2. The van der Waals surface area contributed by atoms with E-state index in [-0.39, 0.29) is 45.7 Å². The number of halogens is 2. The molecule has 7 rings (SSSR count). The SMILES string of the molecule is CC(C)(C)C(=O)CSP1(=O)OC[C@H]2O[C@@H](n3cnc4c(=O)[nH]c(N)nc43)[C@H](F)[C@@H]2OP(=O)(SCC(=O)C(C)(C)C)OC[C@H]2O[C@@H](n3cnc4c(N)ncnc43)[C@H](F)[C@@H]2O1. The van der Waals surface area contributed by atoms with Crippen LogP contribution in [0.2, 0.25) is 0 Å². The second kappa shape index (κ2) is 16.1. The highest BCUT2D eigenvalue weighted by Gasteiger charge is 2.56. The van der Waals surface area contributed by atoms with Gasteiger partial charge in [0.25, 0.3) is 5.56 Å². The Kier molecular flexibility index (Phi) is 12.0. The van der Waals surface area contributed by atoms with Crippen LogP contribution >= 0.6 is 36.4 Å². The fourth-order valence-electron chi connectivity index (χ4n) is 6.07. The largest absolute Gasteiger partial charge is 0.390 e. The van der Waals surface area contributed by atoms with Gasteiger partial charge < -0.3 is 20.9 Å². The number of nitrogens with zero attached hydrogens (tertiary/aromatic N) is 7. The number of aromatic amines is 1. The quantitative estimate of drug-likeness (QED) is 0.207. The van der Waals surface area contributed by atoms with Crippen LogP contribution in [0, 0.1) is 10.8 Å². The van der Waals surface area contributed by atoms with Gasteiger partial charge in [0.15, 0.2) is 47.4 Å². The molecule has 2 unspecified atom stereocenters. The average Bonchev–Trinajstić information content (AvgIpc) is 3.92. The Balaban J connectivity index is 1.27. The maximum atomic E-state index is 16.9. The summed E-state index contributed by atoms with van der Waals surface area (Å²) in [5, 5.41) is 0. The number of fused-ring (bicyclic) bond motifs is 4. The van der Waals surface area contributed by atoms with E-state index in [9.17, 15) is 23.5 Å². The van der Waals surface area contributed by atoms with Gasteiger partial charge in [-0.1, -0.05) is 41.5 Å². The molecule has 0 saturated carbocycles. The van der Waals surface area contributed by atoms with Gasteiger partial charge in [-0.2, -0.15) is 4.98 Å². The van der Waals surface area contributed by atoms with Gasteiger partial charge in [0.1, 0.15) is 47.8 Å². The fraction of sp³-hybridized carbons (Fsp3) is 0.625. The summed E-state index contributed by atoms with van der Waals surface area (Å²) in [4.78, 5) is 61.3. The van der Waals surface area contributed by atoms with Crippen molar-refractivity contribution in [2.75, 3.05) is 36.2 Å². The van der Waals surface area contributed by atoms with Crippen LogP contribution in [0.15, 0.2) is 23.8 Å². The van der Waals surface area contributed by atoms with E-state index in [1.807, 2.05) is 0 Å². The number of imidazole rings is 2. The Morgan fingerprint density at radius 2 is 1.27 bits per heavy atom. The first kappa shape index (κ1) is 43.7. The molecule has 3 fully saturated rings. The number of rotatable bonds is 8. The maximum absolute atomic E-state index is 16.9. The summed E-state index contributed by atoms with van der Waals surface area (Å²) in [6.45, 7) is -0.995. The van der Waals surface area contributed by atoms with Crippen molar-refractivity contribution in [2.24, 2.45) is 10.8 Å². The molecule has 4 aromatic heterocycles. The van der Waals surface area contributed by atoms with Crippen molar-refractivity contribution < 1.29 is 55.1 Å². The normalized spacial score (nSPS) is 32.1. The summed E-state index contributed by atoms with van der Waals surface area (Å²) in [7, 11) is 0. The van der Waals surface area contributed by atoms with Gasteiger partial charge in [-0.15, -0.1) is 0 Å². The molecule has 3 aliphatic heterocycles. The zero-order valence-corrected chi connectivity index (χ0v) is 35.8. The van der Waals surface area contributed by atoms with Gasteiger partial charge in [-0.3, -0.25) is 46.6 Å². The molecule has 0 aliphatic carbocycles. The molecule has 322 valence electrons. The van der Waals surface area contributed by atoms with E-state index in [1.165, 1.54) is 10.9 Å². The van der Waals surface area contributed by atoms with Crippen molar-refractivity contribution >= 4 is 82.0 Å². The first-order valence-electron chi connectivity index (χ1n) is 18.0. The van der Waals surface area contributed by atoms with Gasteiger partial charge in [-0.25, -0.2) is 37.8 Å². The van der Waals surface area contributed by atoms with E-state index in [0.717, 1.165) is 17.2 Å². The summed E-state index contributed by atoms with van der Waals surface area (Å²) in [6, 6.07) is 0. The van der Waals surface area contributed by atoms with Crippen LogP contribution in [-0.2, 0) is 46.3 Å². The second-order valence-corrected chi connectivity index (χ2v) is 23.9. The summed E-state index contributed by atoms with van der Waals surface area (Å²) < 4.78 is 101. The molecule has 5 N–H and O–H groups in total. The van der Waals surface area contributed by atoms with Crippen molar-refractivity contribution in [3.05, 3.63) is 29.3 Å². The van der Waals surface area contributed by atoms with E-state index >= 15 is 8.78 Å². The molecular weight excluding hydrogens is 864 g/mol. The Hall–Kier alpha value is -3.38. The molecule has 0 aromatic carbocycles. The number of carbonyl (C=O) groups excluding carboxylic acids is 2. The summed E-state index contributed by atoms with van der Waals surface area (Å²) in [5.41, 5.74) is 9.07. The van der Waals surface area contributed by atoms with Crippen molar-refractivity contribution in [2.45, 2.75) is 90.8 Å². The molecule has 3 saturated heterocycles. The molecule has 59 heavy (non-hydrogen) atoms. The molecule has 0 amide bonds. The minimum Gasteiger partial charge on any atom is -0.382 e. The number of hydrogen-bond donors (Lipinski definition) is 3. The maximum Gasteiger partial charge on any atom is 0.390 e. The van der Waals surface area contributed by atoms with Crippen molar-refractivity contribution in [1.82, 2.24) is 39.0 Å². The van der Waals surface area contributed by atoms with Crippen LogP contribution in [0.3, 0.4) is 0 Å². The number of Topliss-reactive ketones (excluding diaryl/α,β-unsaturated/α-hetero) is 2. The van der Waals surface area contributed by atoms with E-state index in [0.29, 0.717) is 22.8 Å². The van der Waals surface area contributed by atoms with Crippen LogP contribution in [-0.4, -0.2) is 112 Å². The number of alkyl halides is 2. The third kappa shape index (κ3) is 8.86. The van der Waals surface area contributed by atoms with Crippen LogP contribution in [0.25, 0.3) is 22.3 Å². The molecule has 0 spiro atoms. The van der Waals surface area contributed by atoms with E-state index in [4.69, 9.17) is 39.0 Å². The topological polar surface area (TPSA) is 283 Å². The number of nitrogen functional groups attached to an aromatic ring is 2. The van der Waals surface area contributed by atoms with E-state index in [2.05, 4.69) is 29.9 Å². The Morgan fingerprint density at radius 1 is 0.797 bits per heavy atom. The van der Waals surface area contributed by atoms with Crippen LogP contribution in [0.4, 0.5) is 20.5 Å². The third-order valence-corrected chi connectivity index (χ3v) is 16.8. The smallest absolute Gasteiger partial charge is 0.382 e. The zero-order chi connectivity index (χ0) is 42.8. The van der Waals surface area contributed by atoms with Gasteiger partial charge in [0.05, 0.1) is 37.4 Å². The lowest BCUT2D eigenvalue weighted by Gasteiger charge is -2.30.